The number of fused-ring (bicyclic) bond motifs is 7. The van der Waals surface area contributed by atoms with E-state index in [0.29, 0.717) is 61.9 Å². The summed E-state index contributed by atoms with van der Waals surface area (Å²) in [7, 11) is -3.15. The number of halogens is 1. The van der Waals surface area contributed by atoms with Gasteiger partial charge in [0.15, 0.2) is 9.84 Å². The fourth-order valence-electron chi connectivity index (χ4n) is 15.1. The maximum absolute atomic E-state index is 14.0. The minimum Gasteiger partial charge on any atom is -0.481 e. The van der Waals surface area contributed by atoms with Crippen LogP contribution in [-0.4, -0.2) is 74.7 Å². The summed E-state index contributed by atoms with van der Waals surface area (Å²) < 4.78 is 38.2. The molecule has 5 fully saturated rings. The molecule has 0 aromatic heterocycles. The number of amides is 1. The number of likely N-dealkylation sites (tertiary alicyclic amines) is 1. The minimum atomic E-state index is -3.15. The smallest absolute Gasteiger partial charge is 0.312 e. The van der Waals surface area contributed by atoms with Crippen molar-refractivity contribution in [2.75, 3.05) is 39.1 Å². The van der Waals surface area contributed by atoms with Gasteiger partial charge in [-0.1, -0.05) is 58.9 Å². The van der Waals surface area contributed by atoms with Gasteiger partial charge in [0.05, 0.1) is 17.2 Å². The number of alkyl halides is 1. The lowest BCUT2D eigenvalue weighted by Gasteiger charge is -2.72. The molecule has 7 aliphatic rings. The molecule has 2 N–H and O–H groups in total. The second-order valence-electron chi connectivity index (χ2n) is 20.9. The molecule has 9 heteroatoms. The van der Waals surface area contributed by atoms with Crippen LogP contribution in [0.3, 0.4) is 0 Å². The van der Waals surface area contributed by atoms with Crippen LogP contribution in [-0.2, 0) is 19.4 Å². The van der Waals surface area contributed by atoms with Crippen molar-refractivity contribution in [2.24, 2.45) is 62.1 Å². The van der Waals surface area contributed by atoms with Gasteiger partial charge in [-0.05, 0) is 158 Å². The van der Waals surface area contributed by atoms with Crippen molar-refractivity contribution < 1.29 is 27.5 Å². The van der Waals surface area contributed by atoms with E-state index in [1.54, 1.807) is 4.90 Å². The van der Waals surface area contributed by atoms with E-state index in [1.807, 2.05) is 0 Å². The maximum Gasteiger partial charge on any atom is 0.312 e. The zero-order valence-electron chi connectivity index (χ0n) is 34.4. The lowest BCUT2D eigenvalue weighted by atomic mass is 9.32. The van der Waals surface area contributed by atoms with E-state index >= 15 is 0 Å². The van der Waals surface area contributed by atoms with Gasteiger partial charge in [0.1, 0.15) is 6.67 Å². The van der Waals surface area contributed by atoms with Crippen LogP contribution in [0.2, 0.25) is 0 Å². The second kappa shape index (κ2) is 13.6. The monoisotopic (exact) mass is 768 g/mol. The molecule has 54 heavy (non-hydrogen) atoms. The Morgan fingerprint density at radius 3 is 2.30 bits per heavy atom. The Morgan fingerprint density at radius 1 is 0.944 bits per heavy atom. The van der Waals surface area contributed by atoms with Gasteiger partial charge in [0.25, 0.3) is 0 Å². The Balaban J connectivity index is 1.11. The molecule has 0 radical (unpaired) electrons. The highest BCUT2D eigenvalue weighted by Crippen LogP contribution is 2.77. The van der Waals surface area contributed by atoms with Gasteiger partial charge in [-0.15, -0.1) is 0 Å². The summed E-state index contributed by atoms with van der Waals surface area (Å²) >= 11 is 0. The van der Waals surface area contributed by atoms with Crippen LogP contribution >= 0.6 is 0 Å². The van der Waals surface area contributed by atoms with Gasteiger partial charge in [-0.2, -0.15) is 0 Å². The molecule has 1 unspecified atom stereocenters. The molecule has 302 valence electrons. The maximum atomic E-state index is 14.0. The van der Waals surface area contributed by atoms with E-state index in [2.05, 4.69) is 65.6 Å². The topological polar surface area (TPSA) is 104 Å². The molecule has 0 spiro atoms. The number of carbonyl (C=O) groups is 2. The summed E-state index contributed by atoms with van der Waals surface area (Å²) in [4.78, 5) is 27.0. The summed E-state index contributed by atoms with van der Waals surface area (Å²) in [5, 5.41) is 13.0. The highest BCUT2D eigenvalue weighted by molar-refractivity contribution is 7.91. The van der Waals surface area contributed by atoms with E-state index in [9.17, 15) is 27.5 Å². The first kappa shape index (κ1) is 40.2. The molecule has 6 aliphatic carbocycles. The van der Waals surface area contributed by atoms with Crippen LogP contribution in [0.25, 0.3) is 0 Å². The third-order valence-electron chi connectivity index (χ3n) is 18.3. The Bertz CT molecular complexity index is 1740. The van der Waals surface area contributed by atoms with Crippen molar-refractivity contribution in [3.05, 3.63) is 35.5 Å². The Labute approximate surface area is 325 Å². The number of carboxylic acid groups (broad SMARTS) is 1. The predicted octanol–water partition coefficient (Wildman–Crippen LogP) is 8.57. The summed E-state index contributed by atoms with van der Waals surface area (Å²) in [5.41, 5.74) is 3.34. The van der Waals surface area contributed by atoms with Crippen molar-refractivity contribution in [3.8, 4) is 0 Å². The van der Waals surface area contributed by atoms with Crippen LogP contribution in [0.4, 0.5) is 4.39 Å². The number of sulfone groups is 1. The first-order valence-corrected chi connectivity index (χ1v) is 23.2. The number of carbonyl (C=O) groups excluding carboxylic acids is 1. The Hall–Kier alpha value is -2.00. The quantitative estimate of drug-likeness (QED) is 0.228. The van der Waals surface area contributed by atoms with Crippen LogP contribution in [0.5, 0.6) is 0 Å². The average molecular weight is 769 g/mol. The SMILES string of the molecule is C=C(C)[C@@H]1CC[C@]2(CNCC(=O)N3CCC(S(C)(=O)=O)C3)CC[C@]3(C)[C@H](CC[C@@H]4[C@@]5(C)CC=C(C6=CC[C@](CF)(C(=O)O)CC6)C(C)(C)[C@@H]5CC[C@]43C)[C@@H]12. The van der Waals surface area contributed by atoms with Gasteiger partial charge in [-0.3, -0.25) is 9.59 Å². The predicted molar refractivity (Wildman–Crippen MR) is 213 cm³/mol. The molecular weight excluding hydrogens is 700 g/mol. The number of allylic oxidation sites excluding steroid dienone is 5. The molecule has 0 bridgehead atoms. The summed E-state index contributed by atoms with van der Waals surface area (Å²) in [6, 6.07) is 0. The Kier molecular flexibility index (Phi) is 10.1. The lowest BCUT2D eigenvalue weighted by Crippen LogP contribution is -2.66. The lowest BCUT2D eigenvalue weighted by molar-refractivity contribution is -0.226. The molecule has 1 aliphatic heterocycles. The molecule has 1 heterocycles. The number of rotatable bonds is 9. The van der Waals surface area contributed by atoms with Gasteiger partial charge < -0.3 is 15.3 Å². The second-order valence-corrected chi connectivity index (χ2v) is 23.3. The number of carboxylic acids is 1. The van der Waals surface area contributed by atoms with E-state index in [0.717, 1.165) is 13.0 Å². The Morgan fingerprint density at radius 2 is 1.69 bits per heavy atom. The number of hydrogen-bond acceptors (Lipinski definition) is 5. The van der Waals surface area contributed by atoms with E-state index in [1.165, 1.54) is 74.3 Å². The number of nitrogens with one attached hydrogen (secondary N) is 1. The van der Waals surface area contributed by atoms with E-state index in [4.69, 9.17) is 0 Å². The summed E-state index contributed by atoms with van der Waals surface area (Å²) in [6.45, 7) is 20.7. The fraction of sp³-hybridized carbons (Fsp3) is 0.822. The highest BCUT2D eigenvalue weighted by atomic mass is 32.2. The average Bonchev–Trinajstić information content (AvgIpc) is 3.76. The molecule has 7 rings (SSSR count). The van der Waals surface area contributed by atoms with Crippen molar-refractivity contribution in [2.45, 2.75) is 130 Å². The van der Waals surface area contributed by atoms with E-state index < -0.39 is 33.1 Å². The van der Waals surface area contributed by atoms with Crippen molar-refractivity contribution in [1.82, 2.24) is 10.2 Å². The van der Waals surface area contributed by atoms with Gasteiger partial charge in [0, 0.05) is 25.9 Å². The molecular formula is C45H69FN2O5S. The van der Waals surface area contributed by atoms with Gasteiger partial charge in [-0.25, -0.2) is 12.8 Å². The molecule has 11 atom stereocenters. The molecule has 0 aromatic carbocycles. The third kappa shape index (κ3) is 5.95. The molecule has 1 amide bonds. The minimum absolute atomic E-state index is 0.0164. The molecule has 0 aromatic rings. The molecule has 7 nitrogen and oxygen atoms in total. The summed E-state index contributed by atoms with van der Waals surface area (Å²) in [5.74, 6) is 1.77. The number of aliphatic carboxylic acids is 1. The fourth-order valence-corrected chi connectivity index (χ4v) is 16.1. The normalized spacial score (nSPS) is 44.3. The van der Waals surface area contributed by atoms with Gasteiger partial charge >= 0.3 is 5.97 Å². The van der Waals surface area contributed by atoms with E-state index in [-0.39, 0.29) is 45.9 Å². The van der Waals surface area contributed by atoms with Gasteiger partial charge in [0.2, 0.25) is 5.91 Å². The van der Waals surface area contributed by atoms with Crippen LogP contribution < -0.4 is 5.32 Å². The summed E-state index contributed by atoms with van der Waals surface area (Å²) in [6.07, 6.45) is 18.3. The largest absolute Gasteiger partial charge is 0.481 e. The van der Waals surface area contributed by atoms with Crippen molar-refractivity contribution in [1.29, 1.82) is 0 Å². The van der Waals surface area contributed by atoms with Crippen LogP contribution in [0, 0.1) is 62.1 Å². The number of hydrogen-bond donors (Lipinski definition) is 2. The zero-order chi connectivity index (χ0) is 39.3. The van der Waals surface area contributed by atoms with Crippen LogP contribution in [0.1, 0.15) is 125 Å². The number of nitrogens with zero attached hydrogens (tertiary/aromatic N) is 1. The third-order valence-corrected chi connectivity index (χ3v) is 19.9. The van der Waals surface area contributed by atoms with Crippen molar-refractivity contribution >= 4 is 21.7 Å². The van der Waals surface area contributed by atoms with Crippen molar-refractivity contribution in [3.63, 3.8) is 0 Å². The molecule has 1 saturated heterocycles. The highest BCUT2D eigenvalue weighted by Gasteiger charge is 2.70. The first-order chi connectivity index (χ1) is 25.2. The zero-order valence-corrected chi connectivity index (χ0v) is 35.2. The van der Waals surface area contributed by atoms with Crippen LogP contribution in [0.15, 0.2) is 35.5 Å². The molecule has 4 saturated carbocycles. The first-order valence-electron chi connectivity index (χ1n) is 21.2. The standard InChI is InChI=1S/C45H69FN2O5S/c1-29(2)32-13-21-45(28-47-25-37(49)48-24-16-31(26-48)54(8,52)53)23-22-42(6)34(38(32)45)9-10-36-41(5)17-14-33(40(3,4)35(41)15-18-43(36,42)7)30-11-19-44(27-46,20-12-30)39(50)51/h11,14,31-32,34-36,38,47H,1,9-10,12-13,15-28H2,2-8H3,(H,50,51)/t31?,32-,34+,35-,36+,38+,41-,42+,43+,44-,45+/m0/s1.